The van der Waals surface area contributed by atoms with Gasteiger partial charge < -0.3 is 24.1 Å². The molecule has 0 heterocycles. The molecule has 1 unspecified atom stereocenters. The lowest BCUT2D eigenvalue weighted by molar-refractivity contribution is -0.145. The average molecular weight is 645 g/mol. The van der Waals surface area contributed by atoms with E-state index in [1.165, 1.54) is 5.56 Å². The number of ether oxygens (including phenoxy) is 4. The lowest BCUT2D eigenvalue weighted by atomic mass is 10.1. The van der Waals surface area contributed by atoms with Crippen LogP contribution in [0.25, 0.3) is 6.08 Å². The second-order valence-electron chi connectivity index (χ2n) is 13.8. The molecular weight excluding hydrogens is 592 g/mol. The van der Waals surface area contributed by atoms with Gasteiger partial charge in [-0.3, -0.25) is 9.59 Å². The van der Waals surface area contributed by atoms with Crippen LogP contribution in [0.15, 0.2) is 79.4 Å². The lowest BCUT2D eigenvalue weighted by Gasteiger charge is -2.21. The molecule has 254 valence electrons. The maximum absolute atomic E-state index is 11.6. The monoisotopic (exact) mass is 644 g/mol. The highest BCUT2D eigenvalue weighted by Crippen LogP contribution is 2.49. The number of carbonyl (C=O) groups is 2. The highest BCUT2D eigenvalue weighted by Gasteiger charge is 2.45. The van der Waals surface area contributed by atoms with Crippen LogP contribution in [0.2, 0.25) is 0 Å². The highest BCUT2D eigenvalue weighted by atomic mass is 16.5. The summed E-state index contributed by atoms with van der Waals surface area (Å²) in [5.74, 6) is 2.53. The van der Waals surface area contributed by atoms with Gasteiger partial charge in [-0.05, 0) is 133 Å². The molecule has 0 saturated heterocycles. The molecule has 2 aliphatic carbocycles. The maximum atomic E-state index is 11.6. The number of phenols is 1. The van der Waals surface area contributed by atoms with Crippen LogP contribution in [0.3, 0.4) is 0 Å². The van der Waals surface area contributed by atoms with Crippen molar-refractivity contribution in [2.45, 2.75) is 91.3 Å². The Bertz CT molecular complexity index is 1430. The molecule has 1 N–H and O–H groups in total. The van der Waals surface area contributed by atoms with Crippen LogP contribution < -0.4 is 9.47 Å². The summed E-state index contributed by atoms with van der Waals surface area (Å²) in [4.78, 5) is 23.0. The third kappa shape index (κ3) is 12.8. The van der Waals surface area contributed by atoms with Gasteiger partial charge in [0.05, 0.1) is 25.0 Å². The van der Waals surface area contributed by atoms with Crippen molar-refractivity contribution in [1.82, 2.24) is 0 Å². The zero-order chi connectivity index (χ0) is 34.8. The number of rotatable bonds is 9. The Balaban J connectivity index is 0.000000196. The minimum Gasteiger partial charge on any atom is -0.508 e. The van der Waals surface area contributed by atoms with E-state index >= 15 is 0 Å². The molecule has 0 aromatic heterocycles. The highest BCUT2D eigenvalue weighted by molar-refractivity contribution is 5.78. The fourth-order valence-corrected chi connectivity index (χ4v) is 5.03. The second-order valence-corrected chi connectivity index (χ2v) is 13.8. The van der Waals surface area contributed by atoms with Gasteiger partial charge in [-0.25, -0.2) is 0 Å². The predicted octanol–water partition coefficient (Wildman–Crippen LogP) is 9.10. The van der Waals surface area contributed by atoms with E-state index in [-0.39, 0.29) is 46.6 Å². The van der Waals surface area contributed by atoms with Crippen molar-refractivity contribution in [3.05, 3.63) is 96.1 Å². The largest absolute Gasteiger partial charge is 0.508 e. The van der Waals surface area contributed by atoms with Gasteiger partial charge in [0.15, 0.2) is 0 Å². The van der Waals surface area contributed by atoms with Gasteiger partial charge in [-0.2, -0.15) is 0 Å². The van der Waals surface area contributed by atoms with E-state index in [0.29, 0.717) is 19.1 Å². The van der Waals surface area contributed by atoms with E-state index in [0.717, 1.165) is 35.5 Å². The number of aromatic hydroxyl groups is 1. The van der Waals surface area contributed by atoms with E-state index in [1.807, 2.05) is 122 Å². The first-order chi connectivity index (χ1) is 22.1. The first kappa shape index (κ1) is 37.2. The molecule has 2 saturated carbocycles. The van der Waals surface area contributed by atoms with Crippen molar-refractivity contribution in [2.75, 3.05) is 13.2 Å². The van der Waals surface area contributed by atoms with Crippen LogP contribution in [-0.2, 0) is 19.1 Å². The number of carbonyl (C=O) groups excluding carboxylic acids is 2. The molecule has 0 spiro atoms. The Labute approximate surface area is 280 Å². The predicted molar refractivity (Wildman–Crippen MR) is 187 cm³/mol. The number of benzene rings is 3. The van der Waals surface area contributed by atoms with Gasteiger partial charge >= 0.3 is 11.9 Å². The number of hydrogen-bond donors (Lipinski definition) is 1. The van der Waals surface area contributed by atoms with E-state index < -0.39 is 0 Å². The average Bonchev–Trinajstić information content (AvgIpc) is 3.93. The molecule has 7 heteroatoms. The third-order valence-electron chi connectivity index (χ3n) is 7.35. The quantitative estimate of drug-likeness (QED) is 0.232. The summed E-state index contributed by atoms with van der Waals surface area (Å²) in [5.41, 5.74) is 3.09. The molecule has 5 rings (SSSR count). The maximum Gasteiger partial charge on any atom is 0.309 e. The Hall–Kier alpha value is -4.26. The van der Waals surface area contributed by atoms with Gasteiger partial charge in [0, 0.05) is 0 Å². The van der Waals surface area contributed by atoms with Crippen LogP contribution >= 0.6 is 0 Å². The minimum atomic E-state index is -0.186. The molecule has 0 amide bonds. The Morgan fingerprint density at radius 2 is 1.04 bits per heavy atom. The number of phenolic OH excluding ortho intramolecular Hbond substituents is 1. The molecule has 0 bridgehead atoms. The van der Waals surface area contributed by atoms with Crippen molar-refractivity contribution in [2.24, 2.45) is 11.8 Å². The third-order valence-corrected chi connectivity index (χ3v) is 7.35. The first-order valence-corrected chi connectivity index (χ1v) is 16.5. The minimum absolute atomic E-state index is 0.0227. The fraction of sp³-hybridized carbons (Fsp3) is 0.450. The molecule has 47 heavy (non-hydrogen) atoms. The van der Waals surface area contributed by atoms with Crippen molar-refractivity contribution in [1.29, 1.82) is 0 Å². The Morgan fingerprint density at radius 3 is 1.38 bits per heavy atom. The van der Waals surface area contributed by atoms with Crippen LogP contribution in [0, 0.1) is 11.8 Å². The number of hydrogen-bond acceptors (Lipinski definition) is 7. The molecule has 0 radical (unpaired) electrons. The van der Waals surface area contributed by atoms with Crippen LogP contribution in [0.4, 0.5) is 0 Å². The normalized spacial score (nSPS) is 19.4. The standard InChI is InChI=1S/C16H22O3.C12H14O3.C12H16O/c1-5-18-15(17)14-10-13(14)11-6-8-12(9-7-11)19-16(2,3)4;1-2-15-12(14)11-7-10(11)8-3-5-9(13)6-4-8;1-5-10-6-8-11(9-7-10)13-12(2,3)4/h6-9,13-14H,5,10H2,1-4H3;3-6,10-11,13H,2,7H2,1H3;5-9H,1H2,2-4H3/t13-,14+;10-,11?;/m00./s1. The summed E-state index contributed by atoms with van der Waals surface area (Å²) in [7, 11) is 0. The van der Waals surface area contributed by atoms with Crippen LogP contribution in [0.1, 0.15) is 96.8 Å². The van der Waals surface area contributed by atoms with E-state index in [1.54, 1.807) is 12.1 Å². The molecule has 3 aromatic rings. The molecule has 4 atom stereocenters. The molecule has 0 aliphatic heterocycles. The summed E-state index contributed by atoms with van der Waals surface area (Å²) < 4.78 is 21.4. The first-order valence-electron chi connectivity index (χ1n) is 16.5. The lowest BCUT2D eigenvalue weighted by Crippen LogP contribution is -2.22. The van der Waals surface area contributed by atoms with E-state index in [2.05, 4.69) is 6.58 Å². The Morgan fingerprint density at radius 1 is 0.681 bits per heavy atom. The molecule has 2 aliphatic rings. The second kappa shape index (κ2) is 16.5. The van der Waals surface area contributed by atoms with Crippen molar-refractivity contribution < 1.29 is 33.6 Å². The van der Waals surface area contributed by atoms with Crippen molar-refractivity contribution in [3.8, 4) is 17.2 Å². The molecule has 3 aromatic carbocycles. The van der Waals surface area contributed by atoms with Crippen LogP contribution in [-0.4, -0.2) is 41.5 Å². The summed E-state index contributed by atoms with van der Waals surface area (Å²) in [6.45, 7) is 20.4. The Kier molecular flexibility index (Phi) is 13.1. The van der Waals surface area contributed by atoms with Gasteiger partial charge in [-0.15, -0.1) is 0 Å². The summed E-state index contributed by atoms with van der Waals surface area (Å²) >= 11 is 0. The summed E-state index contributed by atoms with van der Waals surface area (Å²) in [6.07, 6.45) is 3.59. The zero-order valence-electron chi connectivity index (χ0n) is 29.2. The molecule has 2 fully saturated rings. The van der Waals surface area contributed by atoms with Crippen molar-refractivity contribution in [3.63, 3.8) is 0 Å². The fourth-order valence-electron chi connectivity index (χ4n) is 5.03. The van der Waals surface area contributed by atoms with Gasteiger partial charge in [0.1, 0.15) is 28.5 Å². The molecule has 7 nitrogen and oxygen atoms in total. The van der Waals surface area contributed by atoms with Crippen LogP contribution in [0.5, 0.6) is 17.2 Å². The van der Waals surface area contributed by atoms with E-state index in [9.17, 15) is 9.59 Å². The number of esters is 2. The smallest absolute Gasteiger partial charge is 0.309 e. The summed E-state index contributed by atoms with van der Waals surface area (Å²) in [5, 5.41) is 9.13. The van der Waals surface area contributed by atoms with E-state index in [4.69, 9.17) is 24.1 Å². The zero-order valence-corrected chi connectivity index (χ0v) is 29.2. The SMILES string of the molecule is C=Cc1ccc(OC(C)(C)C)cc1.CCOC(=O)C1C[C@H]1c1ccc(O)cc1.CCOC(=O)[C@@H]1C[C@H]1c1ccc(OC(C)(C)C)cc1. The topological polar surface area (TPSA) is 91.3 Å². The molecular formula is C40H52O7. The summed E-state index contributed by atoms with van der Waals surface area (Å²) in [6, 6.07) is 23.0. The van der Waals surface area contributed by atoms with Gasteiger partial charge in [0.2, 0.25) is 0 Å². The van der Waals surface area contributed by atoms with Gasteiger partial charge in [-0.1, -0.05) is 49.1 Å². The van der Waals surface area contributed by atoms with Gasteiger partial charge in [0.25, 0.3) is 0 Å². The van der Waals surface area contributed by atoms with Crippen molar-refractivity contribution >= 4 is 18.0 Å².